The van der Waals surface area contributed by atoms with E-state index in [-0.39, 0.29) is 22.5 Å². The molecule has 1 unspecified atom stereocenters. The fourth-order valence-electron chi connectivity index (χ4n) is 1.96. The zero-order valence-corrected chi connectivity index (χ0v) is 13.7. The summed E-state index contributed by atoms with van der Waals surface area (Å²) in [6, 6.07) is 7.91. The summed E-state index contributed by atoms with van der Waals surface area (Å²) in [6.07, 6.45) is 0.640. The Morgan fingerprint density at radius 2 is 1.65 bits per heavy atom. The van der Waals surface area contributed by atoms with Gasteiger partial charge in [0.1, 0.15) is 0 Å². The van der Waals surface area contributed by atoms with Crippen LogP contribution in [-0.4, -0.2) is 25.7 Å². The number of carboxylic acid groups (broad SMARTS) is 1. The highest BCUT2D eigenvalue weighted by Crippen LogP contribution is 2.17. The Hall–Kier alpha value is -3.11. The SMILES string of the molecule is O=C(O)/C=C(\NC(=O)c1ccc(NS(=O)[O-])cc1)c1ccc(F)c(F)c1. The molecule has 0 saturated heterocycles. The first-order chi connectivity index (χ1) is 12.3. The van der Waals surface area contributed by atoms with Gasteiger partial charge in [0.25, 0.3) is 5.91 Å². The maximum absolute atomic E-state index is 13.4. The number of hydrogen-bond acceptors (Lipinski definition) is 4. The smallest absolute Gasteiger partial charge is 0.330 e. The van der Waals surface area contributed by atoms with E-state index in [1.807, 2.05) is 0 Å². The van der Waals surface area contributed by atoms with Crippen molar-refractivity contribution in [3.63, 3.8) is 0 Å². The van der Waals surface area contributed by atoms with E-state index in [9.17, 15) is 27.1 Å². The maximum Gasteiger partial charge on any atom is 0.330 e. The third-order valence-corrected chi connectivity index (χ3v) is 3.50. The molecule has 0 aliphatic carbocycles. The van der Waals surface area contributed by atoms with Crippen molar-refractivity contribution in [2.45, 2.75) is 0 Å². The Morgan fingerprint density at radius 3 is 2.19 bits per heavy atom. The molecule has 2 aromatic carbocycles. The van der Waals surface area contributed by atoms with E-state index in [4.69, 9.17) is 5.11 Å². The normalized spacial score (nSPS) is 12.3. The van der Waals surface area contributed by atoms with Crippen LogP contribution in [0.4, 0.5) is 14.5 Å². The minimum absolute atomic E-state index is 0.0420. The number of carbonyl (C=O) groups excluding carboxylic acids is 1. The van der Waals surface area contributed by atoms with Crippen molar-refractivity contribution >= 4 is 34.5 Å². The average molecular weight is 381 g/mol. The van der Waals surface area contributed by atoms with Crippen molar-refractivity contribution in [1.29, 1.82) is 0 Å². The summed E-state index contributed by atoms with van der Waals surface area (Å²) in [5.74, 6) is -4.44. The van der Waals surface area contributed by atoms with Crippen molar-refractivity contribution in [2.24, 2.45) is 0 Å². The van der Waals surface area contributed by atoms with E-state index in [0.717, 1.165) is 18.2 Å². The predicted octanol–water partition coefficient (Wildman–Crippen LogP) is 2.03. The molecule has 136 valence electrons. The summed E-state index contributed by atoms with van der Waals surface area (Å²) < 4.78 is 49.6. The highest BCUT2D eigenvalue weighted by molar-refractivity contribution is 7.80. The number of nitrogens with one attached hydrogen (secondary N) is 2. The van der Waals surface area contributed by atoms with E-state index < -0.39 is 34.8 Å². The van der Waals surface area contributed by atoms with Crippen molar-refractivity contribution in [3.8, 4) is 0 Å². The summed E-state index contributed by atoms with van der Waals surface area (Å²) in [4.78, 5) is 23.2. The minimum Gasteiger partial charge on any atom is -0.755 e. The average Bonchev–Trinajstić information content (AvgIpc) is 2.56. The van der Waals surface area contributed by atoms with Crippen LogP contribution in [0.2, 0.25) is 0 Å². The number of aliphatic carboxylic acids is 1. The van der Waals surface area contributed by atoms with Gasteiger partial charge >= 0.3 is 5.97 Å². The number of anilines is 1. The van der Waals surface area contributed by atoms with E-state index in [1.165, 1.54) is 24.3 Å². The fraction of sp³-hybridized carbons (Fsp3) is 0. The number of carboxylic acids is 1. The second-order valence-electron chi connectivity index (χ2n) is 4.89. The lowest BCUT2D eigenvalue weighted by atomic mass is 10.1. The van der Waals surface area contributed by atoms with Crippen molar-refractivity contribution < 1.29 is 32.2 Å². The van der Waals surface area contributed by atoms with Crippen molar-refractivity contribution in [1.82, 2.24) is 5.32 Å². The van der Waals surface area contributed by atoms with Crippen LogP contribution in [0, 0.1) is 11.6 Å². The Labute approximate surface area is 148 Å². The minimum atomic E-state index is -2.52. The van der Waals surface area contributed by atoms with E-state index in [2.05, 4.69) is 10.0 Å². The van der Waals surface area contributed by atoms with Gasteiger partial charge in [-0.1, -0.05) is 0 Å². The van der Waals surface area contributed by atoms with Crippen LogP contribution in [0.5, 0.6) is 0 Å². The van der Waals surface area contributed by atoms with Gasteiger partial charge in [0.2, 0.25) is 0 Å². The molecule has 0 aliphatic heterocycles. The van der Waals surface area contributed by atoms with Crippen molar-refractivity contribution in [3.05, 3.63) is 71.3 Å². The summed E-state index contributed by atoms with van der Waals surface area (Å²) in [7, 11) is 0. The predicted molar refractivity (Wildman–Crippen MR) is 88.4 cm³/mol. The second kappa shape index (κ2) is 8.32. The summed E-state index contributed by atoms with van der Waals surface area (Å²) in [5.41, 5.74) is 0.0202. The van der Waals surface area contributed by atoms with E-state index >= 15 is 0 Å². The molecule has 0 fully saturated rings. The molecule has 2 aromatic rings. The van der Waals surface area contributed by atoms with Gasteiger partial charge in [-0.05, 0) is 42.5 Å². The second-order valence-corrected chi connectivity index (χ2v) is 5.57. The molecule has 0 aliphatic rings. The van der Waals surface area contributed by atoms with Crippen LogP contribution in [0.3, 0.4) is 0 Å². The van der Waals surface area contributed by atoms with Gasteiger partial charge in [0.15, 0.2) is 11.6 Å². The molecule has 10 heteroatoms. The highest BCUT2D eigenvalue weighted by atomic mass is 32.2. The summed E-state index contributed by atoms with van der Waals surface area (Å²) in [6.45, 7) is 0. The molecule has 0 spiro atoms. The van der Waals surface area contributed by atoms with Gasteiger partial charge in [-0.15, -0.1) is 0 Å². The number of amides is 1. The highest BCUT2D eigenvalue weighted by Gasteiger charge is 2.13. The largest absolute Gasteiger partial charge is 0.755 e. The molecule has 0 aromatic heterocycles. The molecule has 3 N–H and O–H groups in total. The topological polar surface area (TPSA) is 119 Å². The van der Waals surface area contributed by atoms with Crippen molar-refractivity contribution in [2.75, 3.05) is 4.72 Å². The molecule has 0 radical (unpaired) electrons. The van der Waals surface area contributed by atoms with Gasteiger partial charge < -0.3 is 19.7 Å². The number of hydrogen-bond donors (Lipinski definition) is 3. The van der Waals surface area contributed by atoms with Gasteiger partial charge in [0.05, 0.1) is 5.70 Å². The third kappa shape index (κ3) is 5.19. The quantitative estimate of drug-likeness (QED) is 0.523. The molecule has 7 nitrogen and oxygen atoms in total. The zero-order valence-electron chi connectivity index (χ0n) is 12.9. The van der Waals surface area contributed by atoms with Crippen LogP contribution in [0.25, 0.3) is 5.70 Å². The van der Waals surface area contributed by atoms with Crippen LogP contribution in [0.15, 0.2) is 48.5 Å². The lowest BCUT2D eigenvalue weighted by Crippen LogP contribution is -2.23. The Kier molecular flexibility index (Phi) is 6.15. The molecule has 1 amide bonds. The van der Waals surface area contributed by atoms with Crippen LogP contribution in [-0.2, 0) is 16.1 Å². The van der Waals surface area contributed by atoms with Crippen LogP contribution < -0.4 is 10.0 Å². The standard InChI is InChI=1S/C16H12F2N2O5S/c17-12-6-3-10(7-13(12)18)14(8-15(21)22)19-16(23)9-1-4-11(5-2-9)20-26(24)25/h1-8,20H,(H,19,23)(H,21,22)(H,24,25)/p-1/b14-8-. The number of rotatable bonds is 6. The van der Waals surface area contributed by atoms with Gasteiger partial charge in [-0.25, -0.2) is 13.6 Å². The number of halogens is 2. The third-order valence-electron chi connectivity index (χ3n) is 3.09. The maximum atomic E-state index is 13.4. The molecule has 0 bridgehead atoms. The molecule has 26 heavy (non-hydrogen) atoms. The first-order valence-corrected chi connectivity index (χ1v) is 8.01. The van der Waals surface area contributed by atoms with Crippen LogP contribution >= 0.6 is 0 Å². The first kappa shape index (κ1) is 19.2. The van der Waals surface area contributed by atoms with Gasteiger partial charge in [-0.2, -0.15) is 0 Å². The first-order valence-electron chi connectivity index (χ1n) is 6.93. The molecular formula is C16H11F2N2O5S-. The molecule has 0 saturated carbocycles. The number of benzene rings is 2. The lowest BCUT2D eigenvalue weighted by molar-refractivity contribution is -0.131. The Balaban J connectivity index is 2.25. The zero-order chi connectivity index (χ0) is 19.3. The fourth-order valence-corrected chi connectivity index (χ4v) is 2.29. The molecular weight excluding hydrogens is 370 g/mol. The molecule has 2 rings (SSSR count). The molecule has 0 heterocycles. The Bertz CT molecular complexity index is 900. The lowest BCUT2D eigenvalue weighted by Gasteiger charge is -2.11. The summed E-state index contributed by atoms with van der Waals surface area (Å²) >= 11 is -2.52. The van der Waals surface area contributed by atoms with Gasteiger partial charge in [-0.3, -0.25) is 9.00 Å². The summed E-state index contributed by atoms with van der Waals surface area (Å²) in [5, 5.41) is 11.2. The van der Waals surface area contributed by atoms with E-state index in [1.54, 1.807) is 0 Å². The number of carbonyl (C=O) groups is 2. The Morgan fingerprint density at radius 1 is 1.04 bits per heavy atom. The monoisotopic (exact) mass is 381 g/mol. The van der Waals surface area contributed by atoms with E-state index in [0.29, 0.717) is 6.08 Å². The molecule has 1 atom stereocenters. The van der Waals surface area contributed by atoms with Crippen LogP contribution in [0.1, 0.15) is 15.9 Å². The van der Waals surface area contributed by atoms with Gasteiger partial charge in [0, 0.05) is 34.2 Å².